The minimum absolute atomic E-state index is 0.205. The molecule has 1 aromatic carbocycles. The minimum Gasteiger partial charge on any atom is -0.444 e. The third kappa shape index (κ3) is 4.41. The molecule has 154 valence electrons. The normalized spacial score (nSPS) is 24.9. The molecule has 2 aliphatic heterocycles. The average Bonchev–Trinajstić information content (AvgIpc) is 3.16. The van der Waals surface area contributed by atoms with Gasteiger partial charge in [0.25, 0.3) is 0 Å². The first-order valence-corrected chi connectivity index (χ1v) is 10.3. The molecule has 0 aromatic heterocycles. The van der Waals surface area contributed by atoms with E-state index >= 15 is 0 Å². The Morgan fingerprint density at radius 2 is 2.04 bits per heavy atom. The van der Waals surface area contributed by atoms with Crippen molar-refractivity contribution in [2.75, 3.05) is 13.2 Å². The van der Waals surface area contributed by atoms with Crippen molar-refractivity contribution in [1.82, 2.24) is 9.80 Å². The second kappa shape index (κ2) is 8.26. The summed E-state index contributed by atoms with van der Waals surface area (Å²) < 4.78 is 11.9. The highest BCUT2D eigenvalue weighted by Gasteiger charge is 2.50. The van der Waals surface area contributed by atoms with Crippen LogP contribution in [0.1, 0.15) is 52.5 Å². The summed E-state index contributed by atoms with van der Waals surface area (Å²) in [5.41, 5.74) is 0.227. The number of amides is 1. The maximum atomic E-state index is 13.2. The van der Waals surface area contributed by atoms with Crippen molar-refractivity contribution >= 4 is 6.09 Å². The van der Waals surface area contributed by atoms with E-state index in [4.69, 9.17) is 9.47 Å². The van der Waals surface area contributed by atoms with Gasteiger partial charge in [0.2, 0.25) is 0 Å². The van der Waals surface area contributed by atoms with E-state index in [-0.39, 0.29) is 18.2 Å². The van der Waals surface area contributed by atoms with Crippen molar-refractivity contribution in [2.24, 2.45) is 0 Å². The van der Waals surface area contributed by atoms with Gasteiger partial charge >= 0.3 is 6.09 Å². The fourth-order valence-electron chi connectivity index (χ4n) is 4.60. The molecule has 0 saturated carbocycles. The van der Waals surface area contributed by atoms with Gasteiger partial charge in [-0.25, -0.2) is 4.79 Å². The first-order chi connectivity index (χ1) is 13.2. The Kier molecular flexibility index (Phi) is 6.15. The van der Waals surface area contributed by atoms with Gasteiger partial charge in [-0.2, -0.15) is 0 Å². The van der Waals surface area contributed by atoms with Gasteiger partial charge < -0.3 is 9.47 Å². The summed E-state index contributed by atoms with van der Waals surface area (Å²) in [5, 5.41) is 0. The molecular formula is C23H34N2O3. The summed E-state index contributed by atoms with van der Waals surface area (Å²) in [6.45, 7) is 14.2. The maximum Gasteiger partial charge on any atom is 0.412 e. The fraction of sp³-hybridized carbons (Fsp3) is 0.609. The molecule has 1 aromatic rings. The number of benzene rings is 1. The number of rotatable bonds is 6. The monoisotopic (exact) mass is 386 g/mol. The van der Waals surface area contributed by atoms with Gasteiger partial charge in [-0.15, -0.1) is 6.58 Å². The first kappa shape index (κ1) is 20.9. The van der Waals surface area contributed by atoms with Crippen LogP contribution in [-0.4, -0.2) is 52.5 Å². The summed E-state index contributed by atoms with van der Waals surface area (Å²) in [7, 11) is 0. The first-order valence-electron chi connectivity index (χ1n) is 10.3. The van der Waals surface area contributed by atoms with Crippen molar-refractivity contribution in [1.29, 1.82) is 0 Å². The molecule has 28 heavy (non-hydrogen) atoms. The van der Waals surface area contributed by atoms with Crippen LogP contribution < -0.4 is 0 Å². The highest BCUT2D eigenvalue weighted by Crippen LogP contribution is 2.36. The Hall–Kier alpha value is -1.85. The zero-order chi connectivity index (χ0) is 20.4. The molecular weight excluding hydrogens is 352 g/mol. The molecule has 2 fully saturated rings. The maximum absolute atomic E-state index is 13.2. The van der Waals surface area contributed by atoms with Crippen LogP contribution in [0.15, 0.2) is 43.0 Å². The van der Waals surface area contributed by atoms with Crippen molar-refractivity contribution in [3.63, 3.8) is 0 Å². The van der Waals surface area contributed by atoms with E-state index in [0.29, 0.717) is 13.0 Å². The number of hydrogen-bond acceptors (Lipinski definition) is 4. The van der Waals surface area contributed by atoms with Gasteiger partial charge in [0.05, 0.1) is 12.1 Å². The van der Waals surface area contributed by atoms with Crippen LogP contribution in [-0.2, 0) is 16.0 Å². The predicted molar refractivity (Wildman–Crippen MR) is 111 cm³/mol. The number of nitrogens with zero attached hydrogens (tertiary/aromatic N) is 2. The number of ether oxygens (including phenoxy) is 2. The van der Waals surface area contributed by atoms with Gasteiger partial charge in [0.15, 0.2) is 0 Å². The highest BCUT2D eigenvalue weighted by molar-refractivity contribution is 5.70. The molecule has 2 aliphatic rings. The van der Waals surface area contributed by atoms with E-state index in [1.165, 1.54) is 5.56 Å². The summed E-state index contributed by atoms with van der Waals surface area (Å²) >= 11 is 0. The molecule has 2 heterocycles. The van der Waals surface area contributed by atoms with Crippen LogP contribution in [0.2, 0.25) is 0 Å². The van der Waals surface area contributed by atoms with Crippen LogP contribution in [0.4, 0.5) is 4.79 Å². The van der Waals surface area contributed by atoms with Gasteiger partial charge in [0, 0.05) is 19.0 Å². The molecule has 5 nitrogen and oxygen atoms in total. The molecule has 2 atom stereocenters. The van der Waals surface area contributed by atoms with Gasteiger partial charge in [-0.3, -0.25) is 9.80 Å². The molecule has 3 rings (SSSR count). The third-order valence-corrected chi connectivity index (χ3v) is 5.83. The SMILES string of the molecule is C=CC[C@@H](OC(=O)N1C(C)(C)COC1(C)C)[C@@H]1CCCN1Cc1ccccc1. The molecule has 2 saturated heterocycles. The average molecular weight is 387 g/mol. The topological polar surface area (TPSA) is 42.0 Å². The lowest BCUT2D eigenvalue weighted by molar-refractivity contribution is -0.0644. The second-order valence-electron chi connectivity index (χ2n) is 9.00. The van der Waals surface area contributed by atoms with Crippen molar-refractivity contribution in [3.8, 4) is 0 Å². The smallest absolute Gasteiger partial charge is 0.412 e. The second-order valence-corrected chi connectivity index (χ2v) is 9.00. The van der Waals surface area contributed by atoms with Gasteiger partial charge in [0.1, 0.15) is 11.8 Å². The van der Waals surface area contributed by atoms with Gasteiger partial charge in [-0.05, 0) is 52.6 Å². The van der Waals surface area contributed by atoms with E-state index < -0.39 is 11.3 Å². The van der Waals surface area contributed by atoms with Crippen LogP contribution >= 0.6 is 0 Å². The number of carbonyl (C=O) groups excluding carboxylic acids is 1. The Morgan fingerprint density at radius 3 is 2.64 bits per heavy atom. The zero-order valence-electron chi connectivity index (χ0n) is 17.7. The Morgan fingerprint density at radius 1 is 1.32 bits per heavy atom. The lowest BCUT2D eigenvalue weighted by atomic mass is 10.0. The quantitative estimate of drug-likeness (QED) is 0.671. The highest BCUT2D eigenvalue weighted by atomic mass is 16.6. The predicted octanol–water partition coefficient (Wildman–Crippen LogP) is 4.58. The number of hydrogen-bond donors (Lipinski definition) is 0. The summed E-state index contributed by atoms with van der Waals surface area (Å²) in [6.07, 6.45) is 4.15. The van der Waals surface area contributed by atoms with E-state index in [2.05, 4.69) is 35.7 Å². The summed E-state index contributed by atoms with van der Waals surface area (Å²) in [6, 6.07) is 10.7. The van der Waals surface area contributed by atoms with E-state index in [1.807, 2.05) is 39.8 Å². The molecule has 0 aliphatic carbocycles. The van der Waals surface area contributed by atoms with Crippen LogP contribution in [0.25, 0.3) is 0 Å². The Bertz CT molecular complexity index is 670. The van der Waals surface area contributed by atoms with Crippen molar-refractivity contribution in [2.45, 2.75) is 76.9 Å². The third-order valence-electron chi connectivity index (χ3n) is 5.83. The molecule has 0 radical (unpaired) electrons. The Labute approximate surface area is 169 Å². The lowest BCUT2D eigenvalue weighted by Crippen LogP contribution is -2.54. The lowest BCUT2D eigenvalue weighted by Gasteiger charge is -2.39. The largest absolute Gasteiger partial charge is 0.444 e. The standard InChI is InChI=1S/C23H34N2O3/c1-6-11-20(28-21(26)25-22(2,3)17-27-23(25,4)5)19-14-10-15-24(19)16-18-12-8-7-9-13-18/h6-9,12-13,19-20H,1,10-11,14-17H2,2-5H3/t19-,20+/m0/s1. The van der Waals surface area contributed by atoms with Crippen molar-refractivity contribution < 1.29 is 14.3 Å². The molecule has 0 spiro atoms. The van der Waals surface area contributed by atoms with Crippen LogP contribution in [0.5, 0.6) is 0 Å². The fourth-order valence-corrected chi connectivity index (χ4v) is 4.60. The Balaban J connectivity index is 1.73. The van der Waals surface area contributed by atoms with E-state index in [0.717, 1.165) is 25.9 Å². The molecule has 5 heteroatoms. The van der Waals surface area contributed by atoms with E-state index in [9.17, 15) is 4.79 Å². The van der Waals surface area contributed by atoms with Crippen LogP contribution in [0, 0.1) is 0 Å². The number of carbonyl (C=O) groups is 1. The summed E-state index contributed by atoms with van der Waals surface area (Å²) in [4.78, 5) is 17.3. The zero-order valence-corrected chi connectivity index (χ0v) is 17.7. The van der Waals surface area contributed by atoms with Crippen LogP contribution in [0.3, 0.4) is 0 Å². The molecule has 1 amide bonds. The minimum atomic E-state index is -0.668. The van der Waals surface area contributed by atoms with Gasteiger partial charge in [-0.1, -0.05) is 36.4 Å². The molecule has 0 bridgehead atoms. The number of likely N-dealkylation sites (tertiary alicyclic amines) is 1. The van der Waals surface area contributed by atoms with E-state index in [1.54, 1.807) is 4.90 Å². The summed E-state index contributed by atoms with van der Waals surface area (Å²) in [5.74, 6) is 0. The van der Waals surface area contributed by atoms with Crippen molar-refractivity contribution in [3.05, 3.63) is 48.6 Å². The molecule has 0 unspecified atom stereocenters. The molecule has 0 N–H and O–H groups in total.